The number of urea groups is 1. The van der Waals surface area contributed by atoms with E-state index in [1.54, 1.807) is 23.1 Å². The van der Waals surface area contributed by atoms with Gasteiger partial charge in [-0.2, -0.15) is 13.2 Å². The summed E-state index contributed by atoms with van der Waals surface area (Å²) in [6.07, 6.45) is 0.269. The molecule has 4 aromatic carbocycles. The van der Waals surface area contributed by atoms with Crippen LogP contribution in [0.3, 0.4) is 0 Å². The second-order valence-electron chi connectivity index (χ2n) is 15.0. The van der Waals surface area contributed by atoms with Gasteiger partial charge in [0.2, 0.25) is 0 Å². The van der Waals surface area contributed by atoms with Gasteiger partial charge in [0, 0.05) is 28.8 Å². The number of nitrogens with zero attached hydrogens (tertiary/aromatic N) is 1. The van der Waals surface area contributed by atoms with E-state index in [0.29, 0.717) is 55.3 Å². The number of carbonyl (C=O) groups excluding carboxylic acids is 2. The van der Waals surface area contributed by atoms with E-state index in [2.05, 4.69) is 11.4 Å². The van der Waals surface area contributed by atoms with E-state index in [9.17, 15) is 33.0 Å². The molecule has 0 spiro atoms. The molecule has 0 heterocycles. The molecule has 53 heavy (non-hydrogen) atoms. The van der Waals surface area contributed by atoms with Crippen LogP contribution in [0.2, 0.25) is 0 Å². The molecule has 0 aromatic heterocycles. The predicted octanol–water partition coefficient (Wildman–Crippen LogP) is 9.71. The van der Waals surface area contributed by atoms with Crippen LogP contribution in [-0.2, 0) is 19.1 Å². The molecule has 4 aromatic rings. The fourth-order valence-electron chi connectivity index (χ4n) is 8.23. The van der Waals surface area contributed by atoms with Gasteiger partial charge >= 0.3 is 12.2 Å². The molecule has 1 fully saturated rings. The average molecular weight is 725 g/mol. The van der Waals surface area contributed by atoms with E-state index < -0.39 is 34.6 Å². The fourth-order valence-corrected chi connectivity index (χ4v) is 8.23. The summed E-state index contributed by atoms with van der Waals surface area (Å²) in [6.45, 7) is 4.31. The van der Waals surface area contributed by atoms with Gasteiger partial charge in [0.05, 0.1) is 23.8 Å². The van der Waals surface area contributed by atoms with E-state index >= 15 is 0 Å². The zero-order valence-corrected chi connectivity index (χ0v) is 30.2. The molecule has 3 N–H and O–H groups in total. The molecule has 3 aliphatic carbocycles. The lowest BCUT2D eigenvalue weighted by Gasteiger charge is -2.46. The Hall–Kier alpha value is -4.73. The molecule has 0 unspecified atom stereocenters. The Kier molecular flexibility index (Phi) is 11.3. The molecule has 0 aliphatic heterocycles. The molecule has 7 rings (SSSR count). The molecule has 3 aliphatic rings. The summed E-state index contributed by atoms with van der Waals surface area (Å²) in [5.41, 5.74) is 1.01. The Bertz CT molecular complexity index is 1950. The number of fused-ring (bicyclic) bond motifs is 8. The van der Waals surface area contributed by atoms with Crippen molar-refractivity contribution in [3.8, 4) is 0 Å². The van der Waals surface area contributed by atoms with Crippen LogP contribution in [0.15, 0.2) is 115 Å². The highest BCUT2D eigenvalue weighted by atomic mass is 19.4. The van der Waals surface area contributed by atoms with Crippen LogP contribution >= 0.6 is 0 Å². The smallest absolute Gasteiger partial charge is 0.393 e. The minimum Gasteiger partial charge on any atom is -0.393 e. The fraction of sp³-hybridized carbons (Fsp3) is 0.364. The first-order chi connectivity index (χ1) is 25.3. The lowest BCUT2D eigenvalue weighted by atomic mass is 9.64. The summed E-state index contributed by atoms with van der Waals surface area (Å²) in [6, 6.07) is 28.3. The molecule has 0 saturated heterocycles. The second-order valence-corrected chi connectivity index (χ2v) is 15.0. The molecule has 0 radical (unpaired) electrons. The minimum absolute atomic E-state index is 0.0114. The highest BCUT2D eigenvalue weighted by molar-refractivity contribution is 6.10. The van der Waals surface area contributed by atoms with Crippen molar-refractivity contribution in [2.45, 2.75) is 89.1 Å². The van der Waals surface area contributed by atoms with E-state index in [-0.39, 0.29) is 42.6 Å². The highest BCUT2D eigenvalue weighted by Crippen LogP contribution is 2.59. The number of aliphatic hydroxyl groups is 2. The van der Waals surface area contributed by atoms with Gasteiger partial charge < -0.3 is 20.4 Å². The number of nitrogens with one attached hydrogen (secondary N) is 1. The monoisotopic (exact) mass is 724 g/mol. The largest absolute Gasteiger partial charge is 0.416 e. The van der Waals surface area contributed by atoms with Gasteiger partial charge in [0.25, 0.3) is 0 Å². The third kappa shape index (κ3) is 8.58. The molecule has 9 heteroatoms. The van der Waals surface area contributed by atoms with Gasteiger partial charge in [-0.3, -0.25) is 4.79 Å². The molecule has 4 atom stereocenters. The van der Waals surface area contributed by atoms with Gasteiger partial charge in [-0.25, -0.2) is 4.79 Å². The second kappa shape index (κ2) is 15.7. The van der Waals surface area contributed by atoms with Crippen LogP contribution in [-0.4, -0.2) is 45.2 Å². The average Bonchev–Trinajstić information content (AvgIpc) is 3.39. The van der Waals surface area contributed by atoms with Crippen molar-refractivity contribution in [2.75, 3.05) is 11.9 Å². The number of ketones is 1. The van der Waals surface area contributed by atoms with Crippen molar-refractivity contribution in [1.82, 2.24) is 4.90 Å². The number of benzene rings is 4. The first-order valence-corrected chi connectivity index (χ1v) is 18.3. The van der Waals surface area contributed by atoms with Crippen LogP contribution in [0.25, 0.3) is 0 Å². The molecule has 6 nitrogen and oxygen atoms in total. The first-order valence-electron chi connectivity index (χ1n) is 18.3. The molecule has 278 valence electrons. The Morgan fingerprint density at radius 1 is 0.906 bits per heavy atom. The number of amides is 2. The molecular formula is C44H47F3N2O4. The first kappa shape index (κ1) is 38.0. The SMILES string of the molecule is CC1=CCC[C@@]2(C)[C@@H](CC[C@@]2(O)CN(Cc2ccccc2)C(=O)Nc2ccccc2)c2ccc(cc2C(=O)c2cccc(C(F)(F)F)c2)C[C@@H](O)CC1. The van der Waals surface area contributed by atoms with Crippen LogP contribution in [0, 0.1) is 5.41 Å². The Balaban J connectivity index is 1.43. The van der Waals surface area contributed by atoms with Crippen molar-refractivity contribution in [2.24, 2.45) is 5.41 Å². The predicted molar refractivity (Wildman–Crippen MR) is 201 cm³/mol. The van der Waals surface area contributed by atoms with Gasteiger partial charge in [-0.05, 0) is 105 Å². The Morgan fingerprint density at radius 3 is 2.34 bits per heavy atom. The van der Waals surface area contributed by atoms with Crippen molar-refractivity contribution in [1.29, 1.82) is 0 Å². The number of aliphatic hydroxyl groups excluding tert-OH is 1. The van der Waals surface area contributed by atoms with E-state index in [4.69, 9.17) is 0 Å². The standard InChI is InChI=1S/C44H47F3N2O4/c1-30-11-10-23-42(2)39(22-24-43(42,53)29-49(28-31-12-5-3-6-13-31)41(52)48-35-16-7-4-8-17-35)37-21-19-32(25-36(50)20-18-30)26-38(37)40(51)33-14-9-15-34(27-33)44(45,46)47/h3-9,11-17,19,21,26-27,36,39,50,53H,10,18,20,22-25,28-29H2,1-2H3,(H,48,52)/t36-,39-,42-,43+/m0/s1. The van der Waals surface area contributed by atoms with Gasteiger partial charge in [-0.15, -0.1) is 0 Å². The zero-order chi connectivity index (χ0) is 37.8. The molecule has 2 bridgehead atoms. The number of allylic oxidation sites excluding steroid dienone is 2. The Morgan fingerprint density at radius 2 is 1.62 bits per heavy atom. The van der Waals surface area contributed by atoms with Gasteiger partial charge in [0.1, 0.15) is 0 Å². The maximum Gasteiger partial charge on any atom is 0.416 e. The number of para-hydroxylation sites is 1. The highest BCUT2D eigenvalue weighted by Gasteiger charge is 2.57. The normalized spacial score (nSPS) is 23.4. The maximum atomic E-state index is 14.3. The van der Waals surface area contributed by atoms with Crippen LogP contribution in [0.4, 0.5) is 23.7 Å². The van der Waals surface area contributed by atoms with E-state index in [1.165, 1.54) is 12.1 Å². The Labute approximate surface area is 309 Å². The summed E-state index contributed by atoms with van der Waals surface area (Å²) in [7, 11) is 0. The van der Waals surface area contributed by atoms with Crippen LogP contribution in [0.1, 0.15) is 96.5 Å². The van der Waals surface area contributed by atoms with E-state index in [1.807, 2.05) is 74.5 Å². The van der Waals surface area contributed by atoms with Gasteiger partial charge in [0.15, 0.2) is 5.78 Å². The number of carbonyl (C=O) groups is 2. The summed E-state index contributed by atoms with van der Waals surface area (Å²) < 4.78 is 41.3. The lowest BCUT2D eigenvalue weighted by Crippen LogP contribution is -2.54. The van der Waals surface area contributed by atoms with Crippen molar-refractivity contribution in [3.63, 3.8) is 0 Å². The summed E-state index contributed by atoms with van der Waals surface area (Å²) >= 11 is 0. The minimum atomic E-state index is -4.62. The summed E-state index contributed by atoms with van der Waals surface area (Å²) in [4.78, 5) is 30.0. The third-order valence-corrected chi connectivity index (χ3v) is 11.3. The van der Waals surface area contributed by atoms with E-state index in [0.717, 1.165) is 23.3 Å². The number of rotatable bonds is 7. The van der Waals surface area contributed by atoms with Gasteiger partial charge in [-0.1, -0.05) is 91.4 Å². The van der Waals surface area contributed by atoms with Crippen molar-refractivity contribution >= 4 is 17.5 Å². The van der Waals surface area contributed by atoms with Crippen LogP contribution < -0.4 is 5.32 Å². The van der Waals surface area contributed by atoms with Crippen LogP contribution in [0.5, 0.6) is 0 Å². The number of alkyl halides is 3. The third-order valence-electron chi connectivity index (χ3n) is 11.3. The molecular weight excluding hydrogens is 677 g/mol. The van der Waals surface area contributed by atoms with Crippen molar-refractivity contribution < 1.29 is 33.0 Å². The summed E-state index contributed by atoms with van der Waals surface area (Å²) in [5.74, 6) is -0.917. The number of halogens is 3. The molecule has 1 saturated carbocycles. The molecule has 2 amide bonds. The number of anilines is 1. The van der Waals surface area contributed by atoms with Crippen molar-refractivity contribution in [3.05, 3.63) is 148 Å². The lowest BCUT2D eigenvalue weighted by molar-refractivity contribution is -0.137. The quantitative estimate of drug-likeness (QED) is 0.131. The topological polar surface area (TPSA) is 89.9 Å². The zero-order valence-electron chi connectivity index (χ0n) is 30.2. The number of hydrogen-bond acceptors (Lipinski definition) is 4. The number of hydrogen-bond donors (Lipinski definition) is 3. The maximum absolute atomic E-state index is 14.3. The summed E-state index contributed by atoms with van der Waals surface area (Å²) in [5, 5.41) is 26.9.